The van der Waals surface area contributed by atoms with Gasteiger partial charge in [-0.05, 0) is 42.0 Å². The molecular weight excluding hydrogens is 732 g/mol. The van der Waals surface area contributed by atoms with Gasteiger partial charge in [-0.15, -0.1) is 0 Å². The second kappa shape index (κ2) is 21.3. The Kier molecular flexibility index (Phi) is 16.3. The lowest BCUT2D eigenvalue weighted by Gasteiger charge is -2.28. The van der Waals surface area contributed by atoms with Crippen LogP contribution in [-0.2, 0) is 32.2 Å². The zero-order chi connectivity index (χ0) is 41.5. The van der Waals surface area contributed by atoms with Crippen LogP contribution in [0, 0.1) is 5.92 Å². The molecule has 2 aromatic carbocycles. The van der Waals surface area contributed by atoms with E-state index < -0.39 is 18.2 Å². The number of fused-ring (bicyclic) bond motifs is 1. The van der Waals surface area contributed by atoms with Crippen LogP contribution in [0.2, 0.25) is 0 Å². The summed E-state index contributed by atoms with van der Waals surface area (Å²) in [5, 5.41) is 5.09. The average molecular weight is 789 g/mol. The number of H-pyrrole nitrogens is 2. The Bertz CT molecular complexity index is 1940. The second-order valence-corrected chi connectivity index (χ2v) is 13.8. The molecule has 5 rings (SSSR count). The third-order valence-corrected chi connectivity index (χ3v) is 8.87. The summed E-state index contributed by atoms with van der Waals surface area (Å²) in [6.45, 7) is 13.3. The maximum atomic E-state index is 13.5. The highest BCUT2D eigenvalue weighted by Gasteiger charge is 2.30. The van der Waals surface area contributed by atoms with Crippen molar-refractivity contribution in [3.05, 3.63) is 60.4 Å². The predicted octanol–water partition coefficient (Wildman–Crippen LogP) is 6.49. The number of alkyl carbamates (subject to hydrolysis) is 2. The Balaban J connectivity index is 0.00000232. The molecule has 1 aliphatic heterocycles. The van der Waals surface area contributed by atoms with Crippen molar-refractivity contribution in [3.63, 3.8) is 0 Å². The van der Waals surface area contributed by atoms with E-state index in [2.05, 4.69) is 49.2 Å². The molecule has 4 aromatic rings. The lowest BCUT2D eigenvalue weighted by atomic mass is 9.99. The molecule has 16 nitrogen and oxygen atoms in total. The van der Waals surface area contributed by atoms with Crippen LogP contribution >= 0.6 is 0 Å². The van der Waals surface area contributed by atoms with E-state index in [4.69, 9.17) is 14.2 Å². The highest BCUT2D eigenvalue weighted by atomic mass is 16.7. The number of rotatable bonds is 16. The standard InChI is InChI=1S/C38H48N8O8.C3H8/c1-7-15-45(32(47)19-41-37(49)51-5)20-30-39-17-28(42-30)25-11-9-24(10-12-25)26-13-14-27(35-34(26)53-22-54-35)29-18-40-31(43-29)21-46(16-8-2)36(48)33(23(3)4)44-38(50)52-6;1-3-2/h9-14,17-18,23,33H,7-8,15-16,19-22H2,1-6H3,(H,39,42)(H,40,43)(H,41,49)(H,44,50);3H2,1-2H3/t33-;/m0./s1. The lowest BCUT2D eigenvalue weighted by Crippen LogP contribution is -2.51. The molecule has 2 aromatic heterocycles. The number of benzene rings is 2. The molecule has 4 N–H and O–H groups in total. The Hall–Kier alpha value is -6.06. The summed E-state index contributed by atoms with van der Waals surface area (Å²) >= 11 is 0. The zero-order valence-corrected chi connectivity index (χ0v) is 34.2. The van der Waals surface area contributed by atoms with Crippen molar-refractivity contribution in [2.24, 2.45) is 5.92 Å². The van der Waals surface area contributed by atoms with Gasteiger partial charge in [0, 0.05) is 24.2 Å². The van der Waals surface area contributed by atoms with Gasteiger partial charge in [0.2, 0.25) is 18.6 Å². The molecule has 3 heterocycles. The molecule has 0 unspecified atom stereocenters. The molecule has 308 valence electrons. The molecule has 0 spiro atoms. The topological polar surface area (TPSA) is 193 Å². The summed E-state index contributed by atoms with van der Waals surface area (Å²) in [6.07, 6.45) is 4.84. The number of ether oxygens (including phenoxy) is 4. The van der Waals surface area contributed by atoms with E-state index in [0.29, 0.717) is 41.9 Å². The highest BCUT2D eigenvalue weighted by Crippen LogP contribution is 2.47. The molecule has 4 amide bonds. The molecule has 1 atom stereocenters. The molecule has 0 fully saturated rings. The monoisotopic (exact) mass is 788 g/mol. The first kappa shape index (κ1) is 43.7. The van der Waals surface area contributed by atoms with Gasteiger partial charge in [-0.25, -0.2) is 19.6 Å². The van der Waals surface area contributed by atoms with Crippen molar-refractivity contribution in [3.8, 4) is 45.1 Å². The van der Waals surface area contributed by atoms with Gasteiger partial charge >= 0.3 is 12.2 Å². The Labute approximate surface area is 334 Å². The van der Waals surface area contributed by atoms with E-state index in [9.17, 15) is 19.2 Å². The Morgan fingerprint density at radius 1 is 0.754 bits per heavy atom. The van der Waals surface area contributed by atoms with E-state index in [1.165, 1.54) is 20.6 Å². The molecule has 0 radical (unpaired) electrons. The summed E-state index contributed by atoms with van der Waals surface area (Å²) < 4.78 is 21.2. The van der Waals surface area contributed by atoms with E-state index in [1.807, 2.05) is 64.1 Å². The molecule has 16 heteroatoms. The number of imidazole rings is 2. The molecule has 0 saturated heterocycles. The number of carbonyl (C=O) groups excluding carboxylic acids is 4. The number of amides is 4. The smallest absolute Gasteiger partial charge is 0.407 e. The number of aromatic nitrogens is 4. The van der Waals surface area contributed by atoms with Crippen LogP contribution in [-0.4, -0.2) is 100 Å². The normalized spacial score (nSPS) is 11.9. The zero-order valence-electron chi connectivity index (χ0n) is 34.2. The molecule has 57 heavy (non-hydrogen) atoms. The summed E-state index contributed by atoms with van der Waals surface area (Å²) in [6, 6.07) is 11.1. The minimum atomic E-state index is -0.742. The van der Waals surface area contributed by atoms with Gasteiger partial charge in [-0.3, -0.25) is 9.59 Å². The van der Waals surface area contributed by atoms with E-state index in [-0.39, 0.29) is 44.2 Å². The van der Waals surface area contributed by atoms with Crippen molar-refractivity contribution in [2.75, 3.05) is 40.6 Å². The molecule has 0 saturated carbocycles. The quantitative estimate of drug-likeness (QED) is 0.0975. The predicted molar refractivity (Wildman–Crippen MR) is 215 cm³/mol. The third-order valence-electron chi connectivity index (χ3n) is 8.87. The third kappa shape index (κ3) is 11.5. The van der Waals surface area contributed by atoms with Gasteiger partial charge in [0.15, 0.2) is 11.5 Å². The van der Waals surface area contributed by atoms with Gasteiger partial charge in [0.25, 0.3) is 0 Å². The summed E-state index contributed by atoms with van der Waals surface area (Å²) in [7, 11) is 2.52. The van der Waals surface area contributed by atoms with Crippen LogP contribution in [0.3, 0.4) is 0 Å². The minimum Gasteiger partial charge on any atom is -0.453 e. The Morgan fingerprint density at radius 2 is 1.28 bits per heavy atom. The molecule has 1 aliphatic rings. The SMILES string of the molecule is CCC.CCCN(Cc1ncc(-c2ccc(-c3ccc(-c4cnc(CN(CCC)C(=O)[C@@H](NC(=O)OC)C(C)C)[nH]4)c4c3OCO4)cc2)[nH]1)C(=O)CNC(=O)OC. The largest absolute Gasteiger partial charge is 0.453 e. The van der Waals surface area contributed by atoms with Gasteiger partial charge in [0.05, 0.1) is 51.1 Å². The first-order chi connectivity index (χ1) is 27.5. The van der Waals surface area contributed by atoms with Crippen molar-refractivity contribution in [1.82, 2.24) is 40.4 Å². The van der Waals surface area contributed by atoms with Crippen molar-refractivity contribution < 1.29 is 38.1 Å². The number of carbonyl (C=O) groups is 4. The summed E-state index contributed by atoms with van der Waals surface area (Å²) in [5.74, 6) is 1.80. The lowest BCUT2D eigenvalue weighted by molar-refractivity contribution is -0.135. The van der Waals surface area contributed by atoms with E-state index in [1.54, 1.807) is 22.2 Å². The van der Waals surface area contributed by atoms with E-state index >= 15 is 0 Å². The van der Waals surface area contributed by atoms with Crippen LogP contribution < -0.4 is 20.1 Å². The van der Waals surface area contributed by atoms with Crippen LogP contribution in [0.5, 0.6) is 11.5 Å². The molecule has 0 bridgehead atoms. The number of hydrogen-bond acceptors (Lipinski definition) is 10. The molecule has 0 aliphatic carbocycles. The number of aromatic amines is 2. The van der Waals surface area contributed by atoms with Crippen molar-refractivity contribution >= 4 is 24.0 Å². The minimum absolute atomic E-state index is 0.0637. The number of methoxy groups -OCH3 is 2. The number of hydrogen-bond donors (Lipinski definition) is 4. The van der Waals surface area contributed by atoms with Gasteiger partial charge < -0.3 is 49.3 Å². The van der Waals surface area contributed by atoms with Crippen molar-refractivity contribution in [2.45, 2.75) is 79.9 Å². The van der Waals surface area contributed by atoms with Gasteiger partial charge in [-0.1, -0.05) is 72.2 Å². The second-order valence-electron chi connectivity index (χ2n) is 13.8. The summed E-state index contributed by atoms with van der Waals surface area (Å²) in [5.41, 5.74) is 4.95. The van der Waals surface area contributed by atoms with Gasteiger partial charge in [0.1, 0.15) is 24.2 Å². The molecular formula is C41H56N8O8. The average Bonchev–Trinajstić information content (AvgIpc) is 4.00. The van der Waals surface area contributed by atoms with Crippen molar-refractivity contribution in [1.29, 1.82) is 0 Å². The van der Waals surface area contributed by atoms with E-state index in [0.717, 1.165) is 40.8 Å². The number of nitrogens with zero attached hydrogens (tertiary/aromatic N) is 4. The fourth-order valence-electron chi connectivity index (χ4n) is 6.12. The fourth-order valence-corrected chi connectivity index (χ4v) is 6.12. The van der Waals surface area contributed by atoms with Crippen LogP contribution in [0.25, 0.3) is 33.6 Å². The van der Waals surface area contributed by atoms with Crippen LogP contribution in [0.15, 0.2) is 48.8 Å². The highest BCUT2D eigenvalue weighted by molar-refractivity contribution is 5.86. The maximum absolute atomic E-state index is 13.5. The Morgan fingerprint density at radius 3 is 1.88 bits per heavy atom. The maximum Gasteiger partial charge on any atom is 0.407 e. The summed E-state index contributed by atoms with van der Waals surface area (Å²) in [4.78, 5) is 68.6. The van der Waals surface area contributed by atoms with Gasteiger partial charge in [-0.2, -0.15) is 0 Å². The first-order valence-electron chi connectivity index (χ1n) is 19.3. The van der Waals surface area contributed by atoms with Crippen LogP contribution in [0.1, 0.15) is 72.5 Å². The first-order valence-corrected chi connectivity index (χ1v) is 19.3. The van der Waals surface area contributed by atoms with Crippen LogP contribution in [0.4, 0.5) is 9.59 Å². The number of nitrogens with one attached hydrogen (secondary N) is 4. The fraction of sp³-hybridized carbons (Fsp3) is 0.463.